The molecule has 19 heavy (non-hydrogen) atoms. The standard InChI is InChI=1S/C15H13ClO3/c16-13-6-2-4-8-15(13)19-10-9-18-14-7-3-1-5-12(14)11-17/h1-8,11H,9-10H2. The summed E-state index contributed by atoms with van der Waals surface area (Å²) in [5.41, 5.74) is 0.528. The van der Waals surface area contributed by atoms with Gasteiger partial charge < -0.3 is 9.47 Å². The zero-order valence-corrected chi connectivity index (χ0v) is 11.0. The van der Waals surface area contributed by atoms with Gasteiger partial charge in [0.05, 0.1) is 10.6 Å². The summed E-state index contributed by atoms with van der Waals surface area (Å²) in [4.78, 5) is 10.8. The van der Waals surface area contributed by atoms with E-state index in [2.05, 4.69) is 0 Å². The smallest absolute Gasteiger partial charge is 0.153 e. The van der Waals surface area contributed by atoms with Crippen LogP contribution in [0.4, 0.5) is 0 Å². The number of hydrogen-bond acceptors (Lipinski definition) is 3. The number of para-hydroxylation sites is 2. The largest absolute Gasteiger partial charge is 0.489 e. The number of carbonyl (C=O) groups is 1. The van der Waals surface area contributed by atoms with Crippen molar-refractivity contribution in [1.82, 2.24) is 0 Å². The molecule has 2 rings (SSSR count). The SMILES string of the molecule is O=Cc1ccccc1OCCOc1ccccc1Cl. The number of halogens is 1. The van der Waals surface area contributed by atoms with Crippen LogP contribution in [-0.2, 0) is 0 Å². The molecule has 0 N–H and O–H groups in total. The summed E-state index contributed by atoms with van der Waals surface area (Å²) in [6, 6.07) is 14.3. The molecule has 98 valence electrons. The van der Waals surface area contributed by atoms with Crippen molar-refractivity contribution in [2.24, 2.45) is 0 Å². The van der Waals surface area contributed by atoms with Crippen molar-refractivity contribution in [3.63, 3.8) is 0 Å². The van der Waals surface area contributed by atoms with Crippen molar-refractivity contribution in [2.75, 3.05) is 13.2 Å². The molecular formula is C15H13ClO3. The Hall–Kier alpha value is -2.00. The summed E-state index contributed by atoms with van der Waals surface area (Å²) in [5.74, 6) is 1.18. The van der Waals surface area contributed by atoms with Gasteiger partial charge in [0.2, 0.25) is 0 Å². The van der Waals surface area contributed by atoms with Crippen LogP contribution in [0.3, 0.4) is 0 Å². The molecule has 0 bridgehead atoms. The Morgan fingerprint density at radius 2 is 1.47 bits per heavy atom. The molecule has 4 heteroatoms. The molecule has 0 unspecified atom stereocenters. The Balaban J connectivity index is 1.84. The minimum atomic E-state index is 0.343. The zero-order valence-electron chi connectivity index (χ0n) is 10.2. The van der Waals surface area contributed by atoms with E-state index >= 15 is 0 Å². The molecule has 3 nitrogen and oxygen atoms in total. The van der Waals surface area contributed by atoms with Crippen LogP contribution in [0.5, 0.6) is 11.5 Å². The molecule has 2 aromatic rings. The molecule has 0 fully saturated rings. The normalized spacial score (nSPS) is 9.95. The Morgan fingerprint density at radius 3 is 2.16 bits per heavy atom. The van der Waals surface area contributed by atoms with E-state index in [9.17, 15) is 4.79 Å². The van der Waals surface area contributed by atoms with Crippen LogP contribution >= 0.6 is 11.6 Å². The minimum absolute atomic E-state index is 0.343. The third-order valence-electron chi connectivity index (χ3n) is 2.48. The monoisotopic (exact) mass is 276 g/mol. The fourth-order valence-corrected chi connectivity index (χ4v) is 1.76. The predicted molar refractivity (Wildman–Crippen MR) is 74.3 cm³/mol. The molecule has 0 saturated carbocycles. The zero-order chi connectivity index (χ0) is 13.5. The molecule has 0 aromatic heterocycles. The lowest BCUT2D eigenvalue weighted by atomic mass is 10.2. The average Bonchev–Trinajstić information content (AvgIpc) is 2.45. The molecule has 0 spiro atoms. The van der Waals surface area contributed by atoms with Crippen LogP contribution in [0.25, 0.3) is 0 Å². The molecule has 0 saturated heterocycles. The first-order chi connectivity index (χ1) is 9.31. The van der Waals surface area contributed by atoms with E-state index in [0.29, 0.717) is 35.3 Å². The van der Waals surface area contributed by atoms with E-state index in [0.717, 1.165) is 6.29 Å². The number of aldehydes is 1. The molecule has 0 heterocycles. The molecule has 0 atom stereocenters. The van der Waals surface area contributed by atoms with E-state index in [4.69, 9.17) is 21.1 Å². The van der Waals surface area contributed by atoms with Crippen molar-refractivity contribution in [1.29, 1.82) is 0 Å². The van der Waals surface area contributed by atoms with E-state index in [1.807, 2.05) is 18.2 Å². The van der Waals surface area contributed by atoms with Crippen molar-refractivity contribution in [3.8, 4) is 11.5 Å². The Kier molecular flexibility index (Phi) is 4.81. The molecule has 0 aliphatic rings. The molecule has 0 aliphatic heterocycles. The number of hydrogen-bond donors (Lipinski definition) is 0. The fourth-order valence-electron chi connectivity index (χ4n) is 1.57. The second kappa shape index (κ2) is 6.81. The summed E-state index contributed by atoms with van der Waals surface area (Å²) >= 11 is 5.96. The van der Waals surface area contributed by atoms with Gasteiger partial charge in [-0.3, -0.25) is 4.79 Å². The lowest BCUT2D eigenvalue weighted by Gasteiger charge is -2.10. The van der Waals surface area contributed by atoms with E-state index in [1.54, 1.807) is 30.3 Å². The number of ether oxygens (including phenoxy) is 2. The maximum Gasteiger partial charge on any atom is 0.153 e. The Bertz CT molecular complexity index is 555. The lowest BCUT2D eigenvalue weighted by Crippen LogP contribution is -2.10. The summed E-state index contributed by atoms with van der Waals surface area (Å²) in [6.07, 6.45) is 0.768. The second-order valence-electron chi connectivity index (χ2n) is 3.78. The van der Waals surface area contributed by atoms with Gasteiger partial charge in [0, 0.05) is 0 Å². The van der Waals surface area contributed by atoms with Gasteiger partial charge in [-0.25, -0.2) is 0 Å². The highest BCUT2D eigenvalue weighted by atomic mass is 35.5. The summed E-state index contributed by atoms with van der Waals surface area (Å²) in [6.45, 7) is 0.701. The van der Waals surface area contributed by atoms with Crippen LogP contribution in [0, 0.1) is 0 Å². The van der Waals surface area contributed by atoms with Crippen LogP contribution in [0.1, 0.15) is 10.4 Å². The van der Waals surface area contributed by atoms with Gasteiger partial charge >= 0.3 is 0 Å². The highest BCUT2D eigenvalue weighted by Gasteiger charge is 2.02. The van der Waals surface area contributed by atoms with Crippen LogP contribution in [0.2, 0.25) is 5.02 Å². The van der Waals surface area contributed by atoms with Gasteiger partial charge in [-0.15, -0.1) is 0 Å². The maximum atomic E-state index is 10.8. The second-order valence-corrected chi connectivity index (χ2v) is 4.19. The third kappa shape index (κ3) is 3.73. The van der Waals surface area contributed by atoms with Gasteiger partial charge in [0.1, 0.15) is 24.7 Å². The van der Waals surface area contributed by atoms with Crippen LogP contribution < -0.4 is 9.47 Å². The van der Waals surface area contributed by atoms with Crippen molar-refractivity contribution >= 4 is 17.9 Å². The molecule has 0 amide bonds. The van der Waals surface area contributed by atoms with Gasteiger partial charge in [-0.1, -0.05) is 35.9 Å². The van der Waals surface area contributed by atoms with Crippen LogP contribution in [0.15, 0.2) is 48.5 Å². The number of benzene rings is 2. The summed E-state index contributed by atoms with van der Waals surface area (Å²) < 4.78 is 11.0. The van der Waals surface area contributed by atoms with Gasteiger partial charge in [0.25, 0.3) is 0 Å². The lowest BCUT2D eigenvalue weighted by molar-refractivity contribution is 0.111. The Morgan fingerprint density at radius 1 is 0.895 bits per heavy atom. The highest BCUT2D eigenvalue weighted by molar-refractivity contribution is 6.32. The molecular weight excluding hydrogens is 264 g/mol. The predicted octanol–water partition coefficient (Wildman–Crippen LogP) is 3.61. The van der Waals surface area contributed by atoms with Crippen LogP contribution in [-0.4, -0.2) is 19.5 Å². The summed E-state index contributed by atoms with van der Waals surface area (Å²) in [7, 11) is 0. The third-order valence-corrected chi connectivity index (χ3v) is 2.79. The fraction of sp³-hybridized carbons (Fsp3) is 0.133. The molecule has 0 radical (unpaired) electrons. The van der Waals surface area contributed by atoms with Gasteiger partial charge in [-0.2, -0.15) is 0 Å². The summed E-state index contributed by atoms with van der Waals surface area (Å²) in [5, 5.41) is 0.566. The minimum Gasteiger partial charge on any atom is -0.489 e. The first-order valence-corrected chi connectivity index (χ1v) is 6.23. The molecule has 2 aromatic carbocycles. The topological polar surface area (TPSA) is 35.5 Å². The van der Waals surface area contributed by atoms with E-state index in [-0.39, 0.29) is 0 Å². The highest BCUT2D eigenvalue weighted by Crippen LogP contribution is 2.23. The molecule has 0 aliphatic carbocycles. The van der Waals surface area contributed by atoms with E-state index in [1.165, 1.54) is 0 Å². The van der Waals surface area contributed by atoms with E-state index < -0.39 is 0 Å². The quantitative estimate of drug-likeness (QED) is 0.597. The number of rotatable bonds is 6. The average molecular weight is 277 g/mol. The van der Waals surface area contributed by atoms with Crippen molar-refractivity contribution in [2.45, 2.75) is 0 Å². The van der Waals surface area contributed by atoms with Gasteiger partial charge in [0.15, 0.2) is 6.29 Å². The maximum absolute atomic E-state index is 10.8. The van der Waals surface area contributed by atoms with Crippen molar-refractivity contribution in [3.05, 3.63) is 59.1 Å². The number of carbonyl (C=O) groups excluding carboxylic acids is 1. The van der Waals surface area contributed by atoms with Crippen molar-refractivity contribution < 1.29 is 14.3 Å². The first kappa shape index (κ1) is 13.4. The first-order valence-electron chi connectivity index (χ1n) is 5.85. The van der Waals surface area contributed by atoms with Gasteiger partial charge in [-0.05, 0) is 24.3 Å². The Labute approximate surface area is 116 Å².